The van der Waals surface area contributed by atoms with E-state index in [2.05, 4.69) is 68.5 Å². The largest absolute Gasteiger partial charge is 0.373 e. The first kappa shape index (κ1) is 21.3. The van der Waals surface area contributed by atoms with Gasteiger partial charge in [-0.1, -0.05) is 31.2 Å². The van der Waals surface area contributed by atoms with E-state index in [0.717, 1.165) is 63.8 Å². The maximum Gasteiger partial charge on any atom is 0.191 e. The summed E-state index contributed by atoms with van der Waals surface area (Å²) in [6.45, 7) is 8.10. The maximum absolute atomic E-state index is 6.18. The molecule has 0 amide bonds. The third-order valence-electron chi connectivity index (χ3n) is 5.21. The van der Waals surface area contributed by atoms with Crippen LogP contribution in [0.3, 0.4) is 0 Å². The summed E-state index contributed by atoms with van der Waals surface area (Å²) in [5.74, 6) is 1.86. The highest BCUT2D eigenvalue weighted by Crippen LogP contribution is 2.32. The quantitative estimate of drug-likeness (QED) is 0.366. The molecule has 2 aromatic rings. The number of nitrogens with one attached hydrogen (secondary N) is 2. The van der Waals surface area contributed by atoms with Crippen molar-refractivity contribution in [3.63, 3.8) is 0 Å². The first-order valence-corrected chi connectivity index (χ1v) is 10.9. The van der Waals surface area contributed by atoms with Crippen molar-refractivity contribution < 1.29 is 4.74 Å². The fourth-order valence-corrected chi connectivity index (χ4v) is 3.74. The van der Waals surface area contributed by atoms with Gasteiger partial charge in [0.25, 0.3) is 0 Å². The van der Waals surface area contributed by atoms with Crippen LogP contribution >= 0.6 is 0 Å². The van der Waals surface area contributed by atoms with Gasteiger partial charge in [0.1, 0.15) is 12.2 Å². The highest BCUT2D eigenvalue weighted by Gasteiger charge is 2.19. The van der Waals surface area contributed by atoms with E-state index in [0.29, 0.717) is 0 Å². The fourth-order valence-electron chi connectivity index (χ4n) is 3.74. The Balaban J connectivity index is 1.39. The molecule has 0 aliphatic heterocycles. The van der Waals surface area contributed by atoms with Crippen LogP contribution in [0.2, 0.25) is 0 Å². The Kier molecular flexibility index (Phi) is 8.49. The number of ether oxygens (including phenoxy) is 1. The molecule has 29 heavy (non-hydrogen) atoms. The van der Waals surface area contributed by atoms with E-state index in [4.69, 9.17) is 4.74 Å². The third kappa shape index (κ3) is 6.29. The second-order valence-electron chi connectivity index (χ2n) is 7.29. The summed E-state index contributed by atoms with van der Waals surface area (Å²) in [5, 5.41) is 14.8. The van der Waals surface area contributed by atoms with Crippen LogP contribution < -0.4 is 10.6 Å². The summed E-state index contributed by atoms with van der Waals surface area (Å²) in [5.41, 5.74) is 2.82. The molecular weight excluding hydrogens is 364 g/mol. The van der Waals surface area contributed by atoms with Crippen LogP contribution in [0, 0.1) is 0 Å². The van der Waals surface area contributed by atoms with Gasteiger partial charge in [0, 0.05) is 39.2 Å². The number of aliphatic imine (C=N–C) groups is 1. The maximum atomic E-state index is 6.18. The second-order valence-corrected chi connectivity index (χ2v) is 7.29. The molecule has 158 valence electrons. The van der Waals surface area contributed by atoms with Crippen molar-refractivity contribution in [2.75, 3.05) is 26.2 Å². The lowest BCUT2D eigenvalue weighted by atomic mass is 9.89. The normalized spacial score (nSPS) is 16.5. The van der Waals surface area contributed by atoms with Gasteiger partial charge in [0.2, 0.25) is 0 Å². The molecule has 1 aromatic heterocycles. The Labute approximate surface area is 174 Å². The van der Waals surface area contributed by atoms with Gasteiger partial charge in [-0.3, -0.25) is 4.99 Å². The molecule has 0 radical (unpaired) electrons. The number of aryl methyl sites for hydroxylation is 2. The number of rotatable bonds is 10. The lowest BCUT2D eigenvalue weighted by Gasteiger charge is -2.25. The zero-order chi connectivity index (χ0) is 20.3. The Morgan fingerprint density at radius 2 is 2.17 bits per heavy atom. The van der Waals surface area contributed by atoms with Crippen LogP contribution in [0.15, 0.2) is 35.6 Å². The van der Waals surface area contributed by atoms with E-state index in [1.807, 2.05) is 0 Å². The summed E-state index contributed by atoms with van der Waals surface area (Å²) >= 11 is 0. The van der Waals surface area contributed by atoms with Gasteiger partial charge >= 0.3 is 0 Å². The molecule has 1 heterocycles. The van der Waals surface area contributed by atoms with Crippen LogP contribution in [0.5, 0.6) is 0 Å². The van der Waals surface area contributed by atoms with Crippen molar-refractivity contribution >= 4 is 5.96 Å². The van der Waals surface area contributed by atoms with E-state index >= 15 is 0 Å². The first-order chi connectivity index (χ1) is 14.3. The van der Waals surface area contributed by atoms with E-state index in [9.17, 15) is 0 Å². The SMILES string of the molecule is CCNC(=NCCCOC1CCCc2ccccc21)NCCn1cnnc1CC. The topological polar surface area (TPSA) is 76.4 Å². The van der Waals surface area contributed by atoms with E-state index in [-0.39, 0.29) is 6.10 Å². The molecule has 0 bridgehead atoms. The average Bonchev–Trinajstić information content (AvgIpc) is 3.21. The molecule has 1 aliphatic rings. The summed E-state index contributed by atoms with van der Waals surface area (Å²) in [6, 6.07) is 8.68. The lowest BCUT2D eigenvalue weighted by Crippen LogP contribution is -2.39. The number of nitrogens with zero attached hydrogens (tertiary/aromatic N) is 4. The van der Waals surface area contributed by atoms with E-state index in [1.165, 1.54) is 24.0 Å². The Bertz CT molecular complexity index is 772. The molecule has 1 unspecified atom stereocenters. The van der Waals surface area contributed by atoms with Crippen LogP contribution in [0.25, 0.3) is 0 Å². The summed E-state index contributed by atoms with van der Waals surface area (Å²) in [6.07, 6.45) is 7.33. The van der Waals surface area contributed by atoms with Crippen molar-refractivity contribution in [2.24, 2.45) is 4.99 Å². The molecular formula is C22H34N6O. The Morgan fingerprint density at radius 1 is 1.28 bits per heavy atom. The van der Waals surface area contributed by atoms with Crippen LogP contribution in [0.1, 0.15) is 56.2 Å². The van der Waals surface area contributed by atoms with Gasteiger partial charge in [-0.2, -0.15) is 0 Å². The van der Waals surface area contributed by atoms with Gasteiger partial charge in [-0.25, -0.2) is 0 Å². The molecule has 0 saturated heterocycles. The third-order valence-corrected chi connectivity index (χ3v) is 5.21. The van der Waals surface area contributed by atoms with Crippen LogP contribution in [-0.2, 0) is 24.1 Å². The number of hydrogen-bond donors (Lipinski definition) is 2. The highest BCUT2D eigenvalue weighted by atomic mass is 16.5. The van der Waals surface area contributed by atoms with Gasteiger partial charge in [-0.15, -0.1) is 10.2 Å². The molecule has 1 aromatic carbocycles. The molecule has 2 N–H and O–H groups in total. The van der Waals surface area contributed by atoms with E-state index < -0.39 is 0 Å². The van der Waals surface area contributed by atoms with Crippen LogP contribution in [0.4, 0.5) is 0 Å². The van der Waals surface area contributed by atoms with Gasteiger partial charge in [0.15, 0.2) is 5.96 Å². The van der Waals surface area contributed by atoms with Crippen molar-refractivity contribution in [2.45, 2.75) is 58.6 Å². The number of hydrogen-bond acceptors (Lipinski definition) is 4. The zero-order valence-corrected chi connectivity index (χ0v) is 17.7. The standard InChI is InChI=1S/C22H34N6O/c1-3-21-27-26-17-28(21)15-14-25-22(23-4-2)24-13-8-16-29-20-12-7-10-18-9-5-6-11-19(18)20/h5-6,9,11,17,20H,3-4,7-8,10,12-16H2,1-2H3,(H2,23,24,25). The molecule has 0 saturated carbocycles. The van der Waals surface area contributed by atoms with Crippen LogP contribution in [-0.4, -0.2) is 47.0 Å². The molecule has 0 spiro atoms. The molecule has 7 nitrogen and oxygen atoms in total. The fraction of sp³-hybridized carbons (Fsp3) is 0.591. The second kappa shape index (κ2) is 11.6. The minimum absolute atomic E-state index is 0.242. The molecule has 1 aliphatic carbocycles. The summed E-state index contributed by atoms with van der Waals surface area (Å²) < 4.78 is 8.26. The predicted octanol–water partition coefficient (Wildman–Crippen LogP) is 2.88. The van der Waals surface area contributed by atoms with Crippen molar-refractivity contribution in [1.82, 2.24) is 25.4 Å². The Hall–Kier alpha value is -2.41. The zero-order valence-electron chi connectivity index (χ0n) is 17.7. The van der Waals surface area contributed by atoms with Gasteiger partial charge in [0.05, 0.1) is 6.10 Å². The van der Waals surface area contributed by atoms with Crippen molar-refractivity contribution in [1.29, 1.82) is 0 Å². The molecule has 0 fully saturated rings. The summed E-state index contributed by atoms with van der Waals surface area (Å²) in [4.78, 5) is 4.68. The molecule has 3 rings (SSSR count). The highest BCUT2D eigenvalue weighted by molar-refractivity contribution is 5.79. The average molecular weight is 399 g/mol. The number of guanidine groups is 1. The van der Waals surface area contributed by atoms with Gasteiger partial charge in [-0.05, 0) is 43.7 Å². The number of fused-ring (bicyclic) bond motifs is 1. The van der Waals surface area contributed by atoms with Crippen molar-refractivity contribution in [3.05, 3.63) is 47.5 Å². The monoisotopic (exact) mass is 398 g/mol. The minimum atomic E-state index is 0.242. The number of aromatic nitrogens is 3. The van der Waals surface area contributed by atoms with E-state index in [1.54, 1.807) is 6.33 Å². The first-order valence-electron chi connectivity index (χ1n) is 10.9. The van der Waals surface area contributed by atoms with Gasteiger partial charge < -0.3 is 19.9 Å². The lowest BCUT2D eigenvalue weighted by molar-refractivity contribution is 0.0403. The predicted molar refractivity (Wildman–Crippen MR) is 116 cm³/mol. The molecule has 7 heteroatoms. The Morgan fingerprint density at radius 3 is 3.03 bits per heavy atom. The smallest absolute Gasteiger partial charge is 0.191 e. The number of benzene rings is 1. The summed E-state index contributed by atoms with van der Waals surface area (Å²) in [7, 11) is 0. The van der Waals surface area contributed by atoms with Crippen molar-refractivity contribution in [3.8, 4) is 0 Å². The minimum Gasteiger partial charge on any atom is -0.373 e. The molecule has 1 atom stereocenters.